The second-order valence-electron chi connectivity index (χ2n) is 8.44. The number of hydrogen-bond acceptors (Lipinski definition) is 4. The summed E-state index contributed by atoms with van der Waals surface area (Å²) in [5, 5.41) is 2.92. The standard InChI is InChI=1S/C25H32N4O4S/c1-5-6-8-12-18(2)26-24(30)20-13-11-16-22(17-20)34(32,33)27-23-19(3)28(4)29(25(23)31)21-14-9-7-10-15-21/h7,9-11,13-18,27H,5-6,8,12H2,1-4H3,(H,26,30). The highest BCUT2D eigenvalue weighted by Gasteiger charge is 2.23. The Morgan fingerprint density at radius 3 is 2.44 bits per heavy atom. The van der Waals surface area contributed by atoms with Crippen LogP contribution < -0.4 is 15.6 Å². The Labute approximate surface area is 200 Å². The van der Waals surface area contributed by atoms with Gasteiger partial charge in [0.25, 0.3) is 21.5 Å². The van der Waals surface area contributed by atoms with Crippen LogP contribution in [0.5, 0.6) is 0 Å². The molecule has 9 heteroatoms. The summed E-state index contributed by atoms with van der Waals surface area (Å²) in [5.41, 5.74) is 0.814. The van der Waals surface area contributed by atoms with E-state index in [0.717, 1.165) is 25.7 Å². The molecule has 2 aromatic carbocycles. The molecule has 0 saturated carbocycles. The third-order valence-corrected chi connectivity index (χ3v) is 7.16. The number of nitrogens with zero attached hydrogens (tertiary/aromatic N) is 2. The van der Waals surface area contributed by atoms with Gasteiger partial charge in [-0.15, -0.1) is 0 Å². The molecule has 1 aromatic heterocycles. The molecule has 1 heterocycles. The van der Waals surface area contributed by atoms with E-state index in [0.29, 0.717) is 11.4 Å². The van der Waals surface area contributed by atoms with Crippen molar-refractivity contribution in [2.24, 2.45) is 7.05 Å². The molecule has 2 N–H and O–H groups in total. The number of amides is 1. The SMILES string of the molecule is CCCCCC(C)NC(=O)c1cccc(S(=O)(=O)Nc2c(C)n(C)n(-c3ccccc3)c2=O)c1. The average molecular weight is 485 g/mol. The molecule has 0 radical (unpaired) electrons. The van der Waals surface area contributed by atoms with Gasteiger partial charge in [0.1, 0.15) is 5.69 Å². The summed E-state index contributed by atoms with van der Waals surface area (Å²) >= 11 is 0. The lowest BCUT2D eigenvalue weighted by atomic mass is 10.1. The predicted molar refractivity (Wildman–Crippen MR) is 134 cm³/mol. The number of aromatic nitrogens is 2. The molecule has 0 fully saturated rings. The Kier molecular flexibility index (Phi) is 7.98. The van der Waals surface area contributed by atoms with Crippen molar-refractivity contribution in [3.05, 3.63) is 76.2 Å². The fourth-order valence-corrected chi connectivity index (χ4v) is 4.92. The number of sulfonamides is 1. The molecule has 3 aromatic rings. The topological polar surface area (TPSA) is 102 Å². The zero-order valence-corrected chi connectivity index (χ0v) is 20.9. The van der Waals surface area contributed by atoms with Crippen LogP contribution >= 0.6 is 0 Å². The highest BCUT2D eigenvalue weighted by molar-refractivity contribution is 7.92. The van der Waals surface area contributed by atoms with Crippen molar-refractivity contribution >= 4 is 21.6 Å². The number of benzene rings is 2. The van der Waals surface area contributed by atoms with Crippen molar-refractivity contribution in [2.75, 3.05) is 4.72 Å². The van der Waals surface area contributed by atoms with E-state index in [4.69, 9.17) is 0 Å². The molecule has 0 aliphatic heterocycles. The number of nitrogens with one attached hydrogen (secondary N) is 2. The van der Waals surface area contributed by atoms with E-state index in [1.807, 2.05) is 13.0 Å². The van der Waals surface area contributed by atoms with E-state index in [-0.39, 0.29) is 28.1 Å². The minimum absolute atomic E-state index is 0.0131. The van der Waals surface area contributed by atoms with Crippen LogP contribution in [0.1, 0.15) is 55.6 Å². The fourth-order valence-electron chi connectivity index (χ4n) is 3.76. The number of rotatable bonds is 10. The summed E-state index contributed by atoms with van der Waals surface area (Å²) in [6, 6.07) is 14.8. The second-order valence-corrected chi connectivity index (χ2v) is 10.1. The van der Waals surface area contributed by atoms with Crippen molar-refractivity contribution in [3.63, 3.8) is 0 Å². The average Bonchev–Trinajstić information content (AvgIpc) is 3.02. The first-order chi connectivity index (χ1) is 16.2. The summed E-state index contributed by atoms with van der Waals surface area (Å²) in [6.07, 6.45) is 4.09. The normalized spacial score (nSPS) is 12.4. The van der Waals surface area contributed by atoms with Crippen molar-refractivity contribution in [3.8, 4) is 5.69 Å². The van der Waals surface area contributed by atoms with E-state index >= 15 is 0 Å². The number of hydrogen-bond donors (Lipinski definition) is 2. The third kappa shape index (κ3) is 5.59. The van der Waals surface area contributed by atoms with Crippen LogP contribution in [-0.4, -0.2) is 29.7 Å². The van der Waals surface area contributed by atoms with Gasteiger partial charge < -0.3 is 5.32 Å². The molecular formula is C25H32N4O4S. The summed E-state index contributed by atoms with van der Waals surface area (Å²) in [4.78, 5) is 25.6. The Morgan fingerprint density at radius 1 is 1.06 bits per heavy atom. The lowest BCUT2D eigenvalue weighted by Gasteiger charge is -2.14. The van der Waals surface area contributed by atoms with E-state index < -0.39 is 15.6 Å². The minimum Gasteiger partial charge on any atom is -0.350 e. The highest BCUT2D eigenvalue weighted by atomic mass is 32.2. The molecule has 1 amide bonds. The van der Waals surface area contributed by atoms with Gasteiger partial charge in [-0.1, -0.05) is 50.5 Å². The maximum absolute atomic E-state index is 13.1. The van der Waals surface area contributed by atoms with E-state index in [9.17, 15) is 18.0 Å². The Morgan fingerprint density at radius 2 is 1.76 bits per heavy atom. The summed E-state index contributed by atoms with van der Waals surface area (Å²) in [5.74, 6) is -0.330. The lowest BCUT2D eigenvalue weighted by Crippen LogP contribution is -2.32. The molecule has 8 nitrogen and oxygen atoms in total. The summed E-state index contributed by atoms with van der Waals surface area (Å²) < 4.78 is 31.7. The molecular weight excluding hydrogens is 452 g/mol. The molecule has 0 aliphatic carbocycles. The first-order valence-corrected chi connectivity index (χ1v) is 12.9. The van der Waals surface area contributed by atoms with Gasteiger partial charge in [-0.25, -0.2) is 13.1 Å². The van der Waals surface area contributed by atoms with Crippen LogP contribution in [-0.2, 0) is 17.1 Å². The summed E-state index contributed by atoms with van der Waals surface area (Å²) in [6.45, 7) is 5.73. The van der Waals surface area contributed by atoms with Crippen LogP contribution in [0.2, 0.25) is 0 Å². The first kappa shape index (κ1) is 25.3. The molecule has 3 rings (SSSR count). The number of para-hydroxylation sites is 1. The molecule has 0 bridgehead atoms. The molecule has 0 aliphatic rings. The Balaban J connectivity index is 1.84. The quantitative estimate of drug-likeness (QED) is 0.425. The van der Waals surface area contributed by atoms with E-state index in [1.54, 1.807) is 49.0 Å². The van der Waals surface area contributed by atoms with E-state index in [2.05, 4.69) is 17.0 Å². The van der Waals surface area contributed by atoms with Crippen LogP contribution in [0.4, 0.5) is 5.69 Å². The minimum atomic E-state index is -4.10. The zero-order valence-electron chi connectivity index (χ0n) is 20.0. The van der Waals surface area contributed by atoms with Gasteiger partial charge in [-0.05, 0) is 50.6 Å². The smallest absolute Gasteiger partial charge is 0.296 e. The number of carbonyl (C=O) groups is 1. The third-order valence-electron chi connectivity index (χ3n) is 5.82. The van der Waals surface area contributed by atoms with Gasteiger partial charge in [-0.2, -0.15) is 0 Å². The van der Waals surface area contributed by atoms with Gasteiger partial charge in [0.15, 0.2) is 0 Å². The number of unbranched alkanes of at least 4 members (excludes halogenated alkanes) is 2. The highest BCUT2D eigenvalue weighted by Crippen LogP contribution is 2.20. The zero-order chi connectivity index (χ0) is 24.9. The molecule has 34 heavy (non-hydrogen) atoms. The van der Waals surface area contributed by atoms with Crippen molar-refractivity contribution in [1.29, 1.82) is 0 Å². The Bertz CT molecular complexity index is 1310. The van der Waals surface area contributed by atoms with Gasteiger partial charge in [0.05, 0.1) is 16.3 Å². The van der Waals surface area contributed by atoms with Gasteiger partial charge in [0.2, 0.25) is 0 Å². The predicted octanol–water partition coefficient (Wildman–Crippen LogP) is 3.98. The lowest BCUT2D eigenvalue weighted by molar-refractivity contribution is 0.0937. The molecule has 1 atom stereocenters. The largest absolute Gasteiger partial charge is 0.350 e. The van der Waals surface area contributed by atoms with Gasteiger partial charge in [0, 0.05) is 18.7 Å². The molecule has 0 saturated heterocycles. The maximum Gasteiger partial charge on any atom is 0.296 e. The van der Waals surface area contributed by atoms with Crippen LogP contribution in [0.15, 0.2) is 64.3 Å². The van der Waals surface area contributed by atoms with Crippen molar-refractivity contribution in [2.45, 2.75) is 57.4 Å². The van der Waals surface area contributed by atoms with Crippen molar-refractivity contribution < 1.29 is 13.2 Å². The number of carbonyl (C=O) groups excluding carboxylic acids is 1. The van der Waals surface area contributed by atoms with E-state index in [1.165, 1.54) is 22.9 Å². The second kappa shape index (κ2) is 10.7. The molecule has 1 unspecified atom stereocenters. The maximum atomic E-state index is 13.1. The number of anilines is 1. The molecule has 182 valence electrons. The Hall–Kier alpha value is -3.33. The van der Waals surface area contributed by atoms with Crippen LogP contribution in [0, 0.1) is 6.92 Å². The van der Waals surface area contributed by atoms with Crippen LogP contribution in [0.25, 0.3) is 5.69 Å². The van der Waals surface area contributed by atoms with Gasteiger partial charge in [-0.3, -0.25) is 19.0 Å². The van der Waals surface area contributed by atoms with Gasteiger partial charge >= 0.3 is 0 Å². The fraction of sp³-hybridized carbons (Fsp3) is 0.360. The molecule has 0 spiro atoms. The van der Waals surface area contributed by atoms with Crippen molar-refractivity contribution in [1.82, 2.24) is 14.7 Å². The summed E-state index contributed by atoms with van der Waals surface area (Å²) in [7, 11) is -2.41. The first-order valence-electron chi connectivity index (χ1n) is 11.4. The monoisotopic (exact) mass is 484 g/mol. The van der Waals surface area contributed by atoms with Crippen LogP contribution in [0.3, 0.4) is 0 Å².